The minimum Gasteiger partial charge on any atom is -0.460 e. The Bertz CT molecular complexity index is 1250. The summed E-state index contributed by atoms with van der Waals surface area (Å²) in [5, 5.41) is 13.0. The molecule has 0 radical (unpaired) electrons. The number of carbonyl (C=O) groups excluding carboxylic acids is 2. The smallest absolute Gasteiger partial charge is 0.460 e. The molecule has 2 fully saturated rings. The summed E-state index contributed by atoms with van der Waals surface area (Å²) in [6, 6.07) is 7.23. The summed E-state index contributed by atoms with van der Waals surface area (Å²) in [4.78, 5) is 26.9. The summed E-state index contributed by atoms with van der Waals surface area (Å²) in [5.41, 5.74) is 0.743. The van der Waals surface area contributed by atoms with Gasteiger partial charge in [0.1, 0.15) is 29.4 Å². The van der Waals surface area contributed by atoms with Gasteiger partial charge in [0.15, 0.2) is 5.82 Å². The van der Waals surface area contributed by atoms with Crippen LogP contribution in [0.25, 0.3) is 11.0 Å². The second kappa shape index (κ2) is 8.80. The normalized spacial score (nSPS) is 21.8. The van der Waals surface area contributed by atoms with E-state index in [0.717, 1.165) is 12.1 Å². The first kappa shape index (κ1) is 23.0. The van der Waals surface area contributed by atoms with E-state index in [4.69, 9.17) is 4.74 Å². The first-order valence-electron chi connectivity index (χ1n) is 10.7. The zero-order valence-corrected chi connectivity index (χ0v) is 18.0. The number of rotatable bonds is 5. The fourth-order valence-corrected chi connectivity index (χ4v) is 4.52. The maximum atomic E-state index is 14.7. The van der Waals surface area contributed by atoms with Crippen molar-refractivity contribution in [2.75, 3.05) is 13.1 Å². The molecule has 5 rings (SSSR count). The molecule has 2 saturated heterocycles. The maximum Gasteiger partial charge on any atom is 0.573 e. The SMILES string of the molecule is O=C(OCc1ccc(OC(F)(F)F)cc1)C1C[C@H]2CN(C(=O)c3ccc4n[nH]nc4c3F)C[C@H]2N1. The summed E-state index contributed by atoms with van der Waals surface area (Å²) in [6.45, 7) is 0.564. The van der Waals surface area contributed by atoms with Crippen LogP contribution in [0.1, 0.15) is 22.3 Å². The number of halogens is 4. The molecule has 3 atom stereocenters. The number of hydrogen-bond donors (Lipinski definition) is 2. The van der Waals surface area contributed by atoms with E-state index in [9.17, 15) is 27.2 Å². The van der Waals surface area contributed by atoms with E-state index in [1.54, 1.807) is 4.90 Å². The molecule has 2 aliphatic heterocycles. The van der Waals surface area contributed by atoms with E-state index in [-0.39, 0.29) is 35.4 Å². The summed E-state index contributed by atoms with van der Waals surface area (Å²) < 4.78 is 60.5. The highest BCUT2D eigenvalue weighted by molar-refractivity contribution is 5.98. The number of hydrogen-bond acceptors (Lipinski definition) is 7. The van der Waals surface area contributed by atoms with E-state index in [2.05, 4.69) is 25.5 Å². The van der Waals surface area contributed by atoms with Crippen LogP contribution < -0.4 is 10.1 Å². The van der Waals surface area contributed by atoms with Gasteiger partial charge in [0.05, 0.1) is 5.56 Å². The number of aromatic nitrogens is 3. The van der Waals surface area contributed by atoms with Crippen LogP contribution >= 0.6 is 0 Å². The minimum absolute atomic E-state index is 0.00121. The quantitative estimate of drug-likeness (QED) is 0.415. The lowest BCUT2D eigenvalue weighted by Gasteiger charge is -2.20. The van der Waals surface area contributed by atoms with Crippen molar-refractivity contribution in [1.82, 2.24) is 25.6 Å². The Morgan fingerprint density at radius 3 is 2.57 bits per heavy atom. The Morgan fingerprint density at radius 2 is 1.86 bits per heavy atom. The molecule has 3 aromatic rings. The number of benzene rings is 2. The molecule has 3 heterocycles. The highest BCUT2D eigenvalue weighted by Crippen LogP contribution is 2.31. The Hall–Kier alpha value is -3.74. The molecule has 2 aromatic carbocycles. The van der Waals surface area contributed by atoms with Crippen LogP contribution in [0.15, 0.2) is 36.4 Å². The van der Waals surface area contributed by atoms with Crippen LogP contribution in [-0.2, 0) is 16.1 Å². The Labute approximate surface area is 195 Å². The molecule has 1 amide bonds. The van der Waals surface area contributed by atoms with Gasteiger partial charge in [0.2, 0.25) is 0 Å². The van der Waals surface area contributed by atoms with Gasteiger partial charge >= 0.3 is 12.3 Å². The van der Waals surface area contributed by atoms with Crippen molar-refractivity contribution in [3.8, 4) is 5.75 Å². The van der Waals surface area contributed by atoms with Crippen LogP contribution in [0.2, 0.25) is 0 Å². The van der Waals surface area contributed by atoms with Crippen LogP contribution in [0, 0.1) is 11.7 Å². The third-order valence-corrected chi connectivity index (χ3v) is 6.16. The number of alkyl halides is 3. The minimum atomic E-state index is -4.78. The van der Waals surface area contributed by atoms with E-state index in [1.165, 1.54) is 24.3 Å². The predicted octanol–water partition coefficient (Wildman–Crippen LogP) is 2.54. The Balaban J connectivity index is 1.13. The fraction of sp³-hybridized carbons (Fsp3) is 0.364. The first-order valence-corrected chi connectivity index (χ1v) is 10.7. The molecular formula is C22H19F4N5O4. The summed E-state index contributed by atoms with van der Waals surface area (Å²) in [7, 11) is 0. The Kier molecular flexibility index (Phi) is 5.79. The average Bonchev–Trinajstić information content (AvgIpc) is 3.52. The monoisotopic (exact) mass is 493 g/mol. The second-order valence-corrected chi connectivity index (χ2v) is 8.45. The van der Waals surface area contributed by atoms with Crippen LogP contribution in [-0.4, -0.2) is 63.7 Å². The van der Waals surface area contributed by atoms with Gasteiger partial charge in [-0.3, -0.25) is 14.9 Å². The van der Waals surface area contributed by atoms with Crippen molar-refractivity contribution in [1.29, 1.82) is 0 Å². The lowest BCUT2D eigenvalue weighted by Crippen LogP contribution is -2.41. The zero-order chi connectivity index (χ0) is 24.7. The van der Waals surface area contributed by atoms with Gasteiger partial charge in [-0.25, -0.2) is 4.39 Å². The van der Waals surface area contributed by atoms with Gasteiger partial charge in [0.25, 0.3) is 5.91 Å². The highest BCUT2D eigenvalue weighted by atomic mass is 19.4. The van der Waals surface area contributed by atoms with Gasteiger partial charge < -0.3 is 14.4 Å². The molecule has 0 saturated carbocycles. The molecule has 2 aliphatic rings. The lowest BCUT2D eigenvalue weighted by atomic mass is 10.0. The molecule has 2 N–H and O–H groups in total. The van der Waals surface area contributed by atoms with E-state index < -0.39 is 30.1 Å². The molecule has 0 aliphatic carbocycles. The molecule has 35 heavy (non-hydrogen) atoms. The standard InChI is InChI=1S/C22H19F4N5O4/c23-18-14(5-6-15-19(18)29-30-28-15)20(32)31-8-12-7-16(27-17(12)9-31)21(33)34-10-11-1-3-13(4-2-11)35-22(24,25)26/h1-6,12,16-17,27H,7-10H2,(H,28,29,30)/t12-,16?,17+/m0/s1. The largest absolute Gasteiger partial charge is 0.573 e. The maximum absolute atomic E-state index is 14.7. The van der Waals surface area contributed by atoms with Gasteiger partial charge in [-0.05, 0) is 42.2 Å². The summed E-state index contributed by atoms with van der Waals surface area (Å²) >= 11 is 0. The first-order chi connectivity index (χ1) is 16.7. The van der Waals surface area contributed by atoms with Gasteiger partial charge in [-0.1, -0.05) is 12.1 Å². The van der Waals surface area contributed by atoms with E-state index >= 15 is 0 Å². The number of nitrogens with one attached hydrogen (secondary N) is 2. The van der Waals surface area contributed by atoms with Crippen LogP contribution in [0.4, 0.5) is 17.6 Å². The molecular weight excluding hydrogens is 474 g/mol. The number of H-pyrrole nitrogens is 1. The number of amides is 1. The molecule has 9 nitrogen and oxygen atoms in total. The van der Waals surface area contributed by atoms with E-state index in [0.29, 0.717) is 30.6 Å². The van der Waals surface area contributed by atoms with Crippen molar-refractivity contribution in [3.05, 3.63) is 53.3 Å². The number of aromatic amines is 1. The topological polar surface area (TPSA) is 109 Å². The highest BCUT2D eigenvalue weighted by Gasteiger charge is 2.45. The molecule has 1 aromatic heterocycles. The predicted molar refractivity (Wildman–Crippen MR) is 111 cm³/mol. The zero-order valence-electron chi connectivity index (χ0n) is 18.0. The number of fused-ring (bicyclic) bond motifs is 2. The molecule has 0 spiro atoms. The molecule has 13 heteroatoms. The molecule has 0 bridgehead atoms. The second-order valence-electron chi connectivity index (χ2n) is 8.45. The number of carbonyl (C=O) groups is 2. The van der Waals surface area contributed by atoms with E-state index in [1.807, 2.05) is 0 Å². The molecule has 184 valence electrons. The van der Waals surface area contributed by atoms with Crippen molar-refractivity contribution in [2.24, 2.45) is 5.92 Å². The van der Waals surface area contributed by atoms with Crippen molar-refractivity contribution in [3.63, 3.8) is 0 Å². The number of esters is 1. The Morgan fingerprint density at radius 1 is 1.09 bits per heavy atom. The number of ether oxygens (including phenoxy) is 2. The third-order valence-electron chi connectivity index (χ3n) is 6.16. The lowest BCUT2D eigenvalue weighted by molar-refractivity contribution is -0.274. The van der Waals surface area contributed by atoms with Gasteiger partial charge in [-0.15, -0.1) is 13.2 Å². The van der Waals surface area contributed by atoms with Crippen molar-refractivity contribution < 1.29 is 36.6 Å². The number of nitrogens with zero attached hydrogens (tertiary/aromatic N) is 3. The summed E-state index contributed by atoms with van der Waals surface area (Å²) in [6.07, 6.45) is -4.34. The van der Waals surface area contributed by atoms with Crippen LogP contribution in [0.5, 0.6) is 5.75 Å². The van der Waals surface area contributed by atoms with Crippen molar-refractivity contribution >= 4 is 22.9 Å². The fourth-order valence-electron chi connectivity index (χ4n) is 4.52. The number of likely N-dealkylation sites (tertiary alicyclic amines) is 1. The van der Waals surface area contributed by atoms with Gasteiger partial charge in [-0.2, -0.15) is 15.4 Å². The summed E-state index contributed by atoms with van der Waals surface area (Å²) in [5.74, 6) is -2.05. The van der Waals surface area contributed by atoms with Crippen molar-refractivity contribution in [2.45, 2.75) is 31.5 Å². The van der Waals surface area contributed by atoms with Gasteiger partial charge in [0, 0.05) is 19.1 Å². The molecule has 1 unspecified atom stereocenters. The third kappa shape index (κ3) is 4.76. The average molecular weight is 493 g/mol. The van der Waals surface area contributed by atoms with Crippen LogP contribution in [0.3, 0.4) is 0 Å².